The lowest BCUT2D eigenvalue weighted by Gasteiger charge is -2.06. The molecule has 2 nitrogen and oxygen atoms in total. The Morgan fingerprint density at radius 2 is 1.68 bits per heavy atom. The smallest absolute Gasteiger partial charge is 0.146 e. The van der Waals surface area contributed by atoms with Gasteiger partial charge in [-0.2, -0.15) is 0 Å². The topological polar surface area (TPSA) is 29.1 Å². The zero-order valence-electron chi connectivity index (χ0n) is 13.2. The van der Waals surface area contributed by atoms with Crippen LogP contribution >= 0.6 is 0 Å². The second-order valence-electron chi connectivity index (χ2n) is 3.55. The molecule has 0 saturated carbocycles. The molecule has 1 aromatic rings. The normalized spacial score (nSPS) is 10.8. The summed E-state index contributed by atoms with van der Waals surface area (Å²) in [6, 6.07) is 10.0. The third-order valence-corrected chi connectivity index (χ3v) is 2.26. The van der Waals surface area contributed by atoms with E-state index in [0.717, 1.165) is 6.54 Å². The highest BCUT2D eigenvalue weighted by Gasteiger charge is 2.03. The van der Waals surface area contributed by atoms with Crippen LogP contribution in [-0.4, -0.2) is 18.4 Å². The van der Waals surface area contributed by atoms with Crippen molar-refractivity contribution in [1.82, 2.24) is 5.32 Å². The van der Waals surface area contributed by atoms with Crippen LogP contribution in [0.5, 0.6) is 0 Å². The highest BCUT2D eigenvalue weighted by atomic mass is 16.1. The summed E-state index contributed by atoms with van der Waals surface area (Å²) in [5.41, 5.74) is 1.18. The van der Waals surface area contributed by atoms with Gasteiger partial charge in [-0.15, -0.1) is 0 Å². The van der Waals surface area contributed by atoms with Crippen molar-refractivity contribution in [2.75, 3.05) is 6.54 Å². The summed E-state index contributed by atoms with van der Waals surface area (Å²) in [5, 5.41) is 3.12. The van der Waals surface area contributed by atoms with Gasteiger partial charge >= 0.3 is 0 Å². The molecule has 0 heterocycles. The van der Waals surface area contributed by atoms with Gasteiger partial charge in [0.15, 0.2) is 0 Å². The van der Waals surface area contributed by atoms with Crippen LogP contribution < -0.4 is 5.32 Å². The summed E-state index contributed by atoms with van der Waals surface area (Å²) in [6.45, 7) is 12.2. The van der Waals surface area contributed by atoms with Gasteiger partial charge in [-0.05, 0) is 19.4 Å². The Morgan fingerprint density at radius 1 is 1.16 bits per heavy atom. The monoisotopic (exact) mass is 263 g/mol. The Labute approximate surface area is 118 Å². The molecule has 108 valence electrons. The Morgan fingerprint density at radius 3 is 2.16 bits per heavy atom. The summed E-state index contributed by atoms with van der Waals surface area (Å²) in [7, 11) is 0. The minimum Gasteiger partial charge on any atom is -0.304 e. The third kappa shape index (κ3) is 11.4. The first kappa shape index (κ1) is 19.9. The van der Waals surface area contributed by atoms with Gasteiger partial charge < -0.3 is 5.32 Å². The van der Waals surface area contributed by atoms with Gasteiger partial charge in [0, 0.05) is 6.54 Å². The molecule has 0 radical (unpaired) electrons. The number of carbonyl (C=O) groups is 1. The zero-order chi connectivity index (χ0) is 15.1. The van der Waals surface area contributed by atoms with E-state index in [2.05, 4.69) is 5.32 Å². The quantitative estimate of drug-likeness (QED) is 0.857. The van der Waals surface area contributed by atoms with Gasteiger partial charge in [-0.3, -0.25) is 4.79 Å². The number of rotatable bonds is 5. The fourth-order valence-electron chi connectivity index (χ4n) is 1.15. The largest absolute Gasteiger partial charge is 0.304 e. The SMILES string of the molecule is CC.CC.CC(=O)C(C)NC/C=C/c1ccccc1. The molecule has 0 aliphatic rings. The van der Waals surface area contributed by atoms with Gasteiger partial charge in [-0.1, -0.05) is 70.2 Å². The predicted octanol–water partition coefficient (Wildman–Crippen LogP) is 4.32. The van der Waals surface area contributed by atoms with Crippen LogP contribution in [0.25, 0.3) is 6.08 Å². The molecule has 19 heavy (non-hydrogen) atoms. The van der Waals surface area contributed by atoms with Crippen LogP contribution in [0, 0.1) is 0 Å². The fourth-order valence-corrected chi connectivity index (χ4v) is 1.15. The average Bonchev–Trinajstić information content (AvgIpc) is 2.48. The number of hydrogen-bond acceptors (Lipinski definition) is 2. The van der Waals surface area contributed by atoms with Crippen LogP contribution in [0.1, 0.15) is 47.1 Å². The van der Waals surface area contributed by atoms with E-state index in [1.807, 2.05) is 77.1 Å². The van der Waals surface area contributed by atoms with E-state index in [1.165, 1.54) is 5.56 Å². The average molecular weight is 263 g/mol. The first-order valence-corrected chi connectivity index (χ1v) is 7.15. The Kier molecular flexibility index (Phi) is 15.4. The van der Waals surface area contributed by atoms with Crippen LogP contribution in [0.3, 0.4) is 0 Å². The van der Waals surface area contributed by atoms with Crippen molar-refractivity contribution in [3.05, 3.63) is 42.0 Å². The molecule has 0 aliphatic heterocycles. The van der Waals surface area contributed by atoms with E-state index in [9.17, 15) is 4.79 Å². The van der Waals surface area contributed by atoms with Gasteiger partial charge in [0.2, 0.25) is 0 Å². The standard InChI is InChI=1S/C13H17NO.2C2H6/c1-11(12(2)15)14-10-6-9-13-7-4-3-5-8-13;2*1-2/h3-9,11,14H,10H2,1-2H3;2*1-2H3/b9-6+;;. The molecule has 2 heteroatoms. The van der Waals surface area contributed by atoms with E-state index in [0.29, 0.717) is 0 Å². The van der Waals surface area contributed by atoms with E-state index < -0.39 is 0 Å². The summed E-state index contributed by atoms with van der Waals surface area (Å²) >= 11 is 0. The lowest BCUT2D eigenvalue weighted by molar-refractivity contribution is -0.118. The Balaban J connectivity index is 0. The second-order valence-corrected chi connectivity index (χ2v) is 3.55. The van der Waals surface area contributed by atoms with Crippen molar-refractivity contribution in [1.29, 1.82) is 0 Å². The number of carbonyl (C=O) groups excluding carboxylic acids is 1. The zero-order valence-corrected chi connectivity index (χ0v) is 13.2. The molecule has 0 amide bonds. The van der Waals surface area contributed by atoms with E-state index >= 15 is 0 Å². The molecule has 1 rings (SSSR count). The van der Waals surface area contributed by atoms with Crippen molar-refractivity contribution in [2.24, 2.45) is 0 Å². The minimum absolute atomic E-state index is 0.0644. The number of hydrogen-bond donors (Lipinski definition) is 1. The molecule has 1 unspecified atom stereocenters. The van der Waals surface area contributed by atoms with E-state index in [1.54, 1.807) is 6.92 Å². The molecule has 1 aromatic carbocycles. The summed E-state index contributed by atoms with van der Waals surface area (Å²) in [4.78, 5) is 10.9. The van der Waals surface area contributed by atoms with Crippen molar-refractivity contribution in [3.8, 4) is 0 Å². The molecule has 0 aliphatic carbocycles. The summed E-state index contributed by atoms with van der Waals surface area (Å²) in [6.07, 6.45) is 4.06. The lowest BCUT2D eigenvalue weighted by Crippen LogP contribution is -2.32. The maximum Gasteiger partial charge on any atom is 0.146 e. The first-order valence-electron chi connectivity index (χ1n) is 7.15. The lowest BCUT2D eigenvalue weighted by atomic mass is 10.2. The molecular weight excluding hydrogens is 234 g/mol. The van der Waals surface area contributed by atoms with Gasteiger partial charge in [-0.25, -0.2) is 0 Å². The third-order valence-electron chi connectivity index (χ3n) is 2.26. The van der Waals surface area contributed by atoms with Crippen molar-refractivity contribution >= 4 is 11.9 Å². The maximum absolute atomic E-state index is 10.9. The maximum atomic E-state index is 10.9. The van der Waals surface area contributed by atoms with Gasteiger partial charge in [0.05, 0.1) is 6.04 Å². The van der Waals surface area contributed by atoms with Gasteiger partial charge in [0.1, 0.15) is 5.78 Å². The second kappa shape index (κ2) is 14.7. The van der Waals surface area contributed by atoms with Crippen LogP contribution in [0.2, 0.25) is 0 Å². The number of benzene rings is 1. The van der Waals surface area contributed by atoms with Crippen LogP contribution in [0.15, 0.2) is 36.4 Å². The summed E-state index contributed by atoms with van der Waals surface area (Å²) < 4.78 is 0. The highest BCUT2D eigenvalue weighted by molar-refractivity contribution is 5.80. The molecule has 1 N–H and O–H groups in total. The molecule has 0 saturated heterocycles. The van der Waals surface area contributed by atoms with Crippen LogP contribution in [-0.2, 0) is 4.79 Å². The summed E-state index contributed by atoms with van der Waals surface area (Å²) in [5.74, 6) is 0.170. The van der Waals surface area contributed by atoms with Crippen molar-refractivity contribution in [2.45, 2.75) is 47.6 Å². The minimum atomic E-state index is -0.0644. The molecule has 1 atom stereocenters. The Hall–Kier alpha value is -1.41. The van der Waals surface area contributed by atoms with Crippen molar-refractivity contribution < 1.29 is 4.79 Å². The Bertz CT molecular complexity index is 330. The molecular formula is C17H29NO. The van der Waals surface area contributed by atoms with Crippen LogP contribution in [0.4, 0.5) is 0 Å². The van der Waals surface area contributed by atoms with E-state index in [-0.39, 0.29) is 11.8 Å². The predicted molar refractivity (Wildman–Crippen MR) is 86.3 cm³/mol. The molecule has 0 bridgehead atoms. The number of ketones is 1. The molecule has 0 spiro atoms. The molecule has 0 fully saturated rings. The first-order chi connectivity index (χ1) is 9.20. The fraction of sp³-hybridized carbons (Fsp3) is 0.471. The number of nitrogens with one attached hydrogen (secondary N) is 1. The van der Waals surface area contributed by atoms with Crippen molar-refractivity contribution in [3.63, 3.8) is 0 Å². The van der Waals surface area contributed by atoms with E-state index in [4.69, 9.17) is 0 Å². The highest BCUT2D eigenvalue weighted by Crippen LogP contribution is 2.00. The molecule has 0 aromatic heterocycles. The number of Topliss-reactive ketones (excluding diaryl/α,β-unsaturated/α-hetero) is 1. The van der Waals surface area contributed by atoms with Gasteiger partial charge in [0.25, 0.3) is 0 Å².